The van der Waals surface area contributed by atoms with Crippen LogP contribution in [0.25, 0.3) is 0 Å². The molecule has 18 heavy (non-hydrogen) atoms. The Hall–Kier alpha value is -1.19. The second-order valence-corrected chi connectivity index (χ2v) is 5.27. The van der Waals surface area contributed by atoms with Crippen LogP contribution in [0, 0.1) is 0 Å². The standard InChI is InChI=1S/C13H15Cl2N3/c1-9(2)18-8-16-6-13(18)7-17-12-4-10(14)3-11(15)5-12/h3-6,8-9,17H,7H2,1-2H3. The Bertz CT molecular complexity index is 515. The molecule has 0 aliphatic rings. The molecule has 2 aromatic rings. The minimum atomic E-state index is 0.396. The number of aromatic nitrogens is 2. The molecule has 0 amide bonds. The van der Waals surface area contributed by atoms with Crippen LogP contribution >= 0.6 is 23.2 Å². The van der Waals surface area contributed by atoms with E-state index in [0.29, 0.717) is 22.6 Å². The number of rotatable bonds is 4. The van der Waals surface area contributed by atoms with Gasteiger partial charge in [-0.05, 0) is 32.0 Å². The monoisotopic (exact) mass is 283 g/mol. The lowest BCUT2D eigenvalue weighted by molar-refractivity contribution is 0.577. The zero-order chi connectivity index (χ0) is 13.1. The van der Waals surface area contributed by atoms with Crippen LogP contribution in [0.15, 0.2) is 30.7 Å². The first-order chi connectivity index (χ1) is 8.56. The lowest BCUT2D eigenvalue weighted by atomic mass is 10.3. The molecule has 0 radical (unpaired) electrons. The van der Waals surface area contributed by atoms with Gasteiger partial charge in [0.05, 0.1) is 18.6 Å². The van der Waals surface area contributed by atoms with Crippen molar-refractivity contribution in [2.75, 3.05) is 5.32 Å². The number of anilines is 1. The lowest BCUT2D eigenvalue weighted by Gasteiger charge is -2.13. The van der Waals surface area contributed by atoms with E-state index < -0.39 is 0 Å². The highest BCUT2D eigenvalue weighted by atomic mass is 35.5. The summed E-state index contributed by atoms with van der Waals surface area (Å²) in [5, 5.41) is 4.55. The van der Waals surface area contributed by atoms with E-state index in [4.69, 9.17) is 23.2 Å². The predicted octanol–water partition coefficient (Wildman–Crippen LogP) is 4.38. The zero-order valence-electron chi connectivity index (χ0n) is 10.3. The first-order valence-corrected chi connectivity index (χ1v) is 6.52. The topological polar surface area (TPSA) is 29.9 Å². The number of imidazole rings is 1. The van der Waals surface area contributed by atoms with E-state index >= 15 is 0 Å². The molecule has 0 saturated carbocycles. The number of hydrogen-bond acceptors (Lipinski definition) is 2. The van der Waals surface area contributed by atoms with Gasteiger partial charge in [-0.1, -0.05) is 23.2 Å². The van der Waals surface area contributed by atoms with Crippen LogP contribution in [0.5, 0.6) is 0 Å². The van der Waals surface area contributed by atoms with Crippen LogP contribution < -0.4 is 5.32 Å². The molecule has 1 heterocycles. The molecule has 1 aromatic heterocycles. The molecule has 0 unspecified atom stereocenters. The average molecular weight is 284 g/mol. The van der Waals surface area contributed by atoms with E-state index in [9.17, 15) is 0 Å². The van der Waals surface area contributed by atoms with E-state index in [-0.39, 0.29) is 0 Å². The highest BCUT2D eigenvalue weighted by Gasteiger charge is 2.05. The van der Waals surface area contributed by atoms with Crippen molar-refractivity contribution in [3.05, 3.63) is 46.5 Å². The SMILES string of the molecule is CC(C)n1cncc1CNc1cc(Cl)cc(Cl)c1. The van der Waals surface area contributed by atoms with Gasteiger partial charge in [-0.15, -0.1) is 0 Å². The Morgan fingerprint density at radius 2 is 1.89 bits per heavy atom. The maximum atomic E-state index is 5.95. The summed E-state index contributed by atoms with van der Waals surface area (Å²) >= 11 is 11.9. The Balaban J connectivity index is 2.09. The maximum Gasteiger partial charge on any atom is 0.0951 e. The van der Waals surface area contributed by atoms with E-state index in [1.807, 2.05) is 24.7 Å². The second-order valence-electron chi connectivity index (χ2n) is 4.40. The number of nitrogens with one attached hydrogen (secondary N) is 1. The largest absolute Gasteiger partial charge is 0.379 e. The summed E-state index contributed by atoms with van der Waals surface area (Å²) in [6.07, 6.45) is 3.70. The van der Waals surface area contributed by atoms with Gasteiger partial charge in [-0.2, -0.15) is 0 Å². The van der Waals surface area contributed by atoms with Crippen LogP contribution in [-0.4, -0.2) is 9.55 Å². The van der Waals surface area contributed by atoms with Gasteiger partial charge in [0.2, 0.25) is 0 Å². The van der Waals surface area contributed by atoms with E-state index in [1.165, 1.54) is 0 Å². The van der Waals surface area contributed by atoms with Crippen molar-refractivity contribution in [3.63, 3.8) is 0 Å². The average Bonchev–Trinajstić information content (AvgIpc) is 2.73. The summed E-state index contributed by atoms with van der Waals surface area (Å²) in [7, 11) is 0. The van der Waals surface area contributed by atoms with Crippen LogP contribution in [0.4, 0.5) is 5.69 Å². The molecule has 3 nitrogen and oxygen atoms in total. The summed E-state index contributed by atoms with van der Waals surface area (Å²) in [5.41, 5.74) is 2.03. The van der Waals surface area contributed by atoms with E-state index in [0.717, 1.165) is 11.4 Å². The quantitative estimate of drug-likeness (QED) is 0.902. The predicted molar refractivity (Wildman–Crippen MR) is 76.4 cm³/mol. The van der Waals surface area contributed by atoms with Crippen molar-refractivity contribution in [2.24, 2.45) is 0 Å². The molecule has 0 aliphatic heterocycles. The normalized spacial score (nSPS) is 10.9. The summed E-state index contributed by atoms with van der Waals surface area (Å²) < 4.78 is 2.12. The van der Waals surface area contributed by atoms with Gasteiger partial charge in [-0.3, -0.25) is 0 Å². The number of halogens is 2. The summed E-state index contributed by atoms with van der Waals surface area (Å²) in [5.74, 6) is 0. The van der Waals surface area contributed by atoms with Crippen molar-refractivity contribution in [1.82, 2.24) is 9.55 Å². The third-order valence-corrected chi connectivity index (χ3v) is 3.08. The first-order valence-electron chi connectivity index (χ1n) is 5.77. The molecule has 2 rings (SSSR count). The zero-order valence-corrected chi connectivity index (χ0v) is 11.8. The minimum absolute atomic E-state index is 0.396. The molecule has 5 heteroatoms. The van der Waals surface area contributed by atoms with Crippen molar-refractivity contribution in [3.8, 4) is 0 Å². The molecular formula is C13H15Cl2N3. The molecule has 0 bridgehead atoms. The summed E-state index contributed by atoms with van der Waals surface area (Å²) in [4.78, 5) is 4.16. The fourth-order valence-corrected chi connectivity index (χ4v) is 2.31. The first kappa shape index (κ1) is 13.2. The summed E-state index contributed by atoms with van der Waals surface area (Å²) in [6, 6.07) is 5.81. The van der Waals surface area contributed by atoms with Crippen LogP contribution in [0.3, 0.4) is 0 Å². The van der Waals surface area contributed by atoms with Gasteiger partial charge in [0.15, 0.2) is 0 Å². The molecule has 0 atom stereocenters. The molecule has 1 aromatic carbocycles. The van der Waals surface area contributed by atoms with Gasteiger partial charge in [0, 0.05) is 28.0 Å². The molecule has 96 valence electrons. The highest BCUT2D eigenvalue weighted by Crippen LogP contribution is 2.23. The molecule has 0 saturated heterocycles. The Labute approximate surface area is 117 Å². The van der Waals surface area contributed by atoms with Crippen molar-refractivity contribution >= 4 is 28.9 Å². The molecule has 1 N–H and O–H groups in total. The van der Waals surface area contributed by atoms with Crippen LogP contribution in [0.2, 0.25) is 10.0 Å². The molecular weight excluding hydrogens is 269 g/mol. The van der Waals surface area contributed by atoms with Gasteiger partial charge >= 0.3 is 0 Å². The summed E-state index contributed by atoms with van der Waals surface area (Å²) in [6.45, 7) is 4.94. The molecule has 0 spiro atoms. The Kier molecular flexibility index (Phi) is 4.15. The molecule has 0 aliphatic carbocycles. The molecule has 0 fully saturated rings. The number of benzene rings is 1. The Morgan fingerprint density at radius 1 is 1.22 bits per heavy atom. The van der Waals surface area contributed by atoms with Crippen molar-refractivity contribution < 1.29 is 0 Å². The number of nitrogens with zero attached hydrogens (tertiary/aromatic N) is 2. The smallest absolute Gasteiger partial charge is 0.0951 e. The second kappa shape index (κ2) is 5.63. The van der Waals surface area contributed by atoms with E-state index in [1.54, 1.807) is 6.07 Å². The number of hydrogen-bond donors (Lipinski definition) is 1. The van der Waals surface area contributed by atoms with Crippen molar-refractivity contribution in [2.45, 2.75) is 26.4 Å². The fraction of sp³-hybridized carbons (Fsp3) is 0.308. The Morgan fingerprint density at radius 3 is 2.50 bits per heavy atom. The van der Waals surface area contributed by atoms with Gasteiger partial charge in [-0.25, -0.2) is 4.98 Å². The van der Waals surface area contributed by atoms with Gasteiger partial charge in [0.1, 0.15) is 0 Å². The fourth-order valence-electron chi connectivity index (χ4n) is 1.78. The minimum Gasteiger partial charge on any atom is -0.379 e. The lowest BCUT2D eigenvalue weighted by Crippen LogP contribution is -2.08. The highest BCUT2D eigenvalue weighted by molar-refractivity contribution is 6.35. The third kappa shape index (κ3) is 3.18. The van der Waals surface area contributed by atoms with Crippen LogP contribution in [-0.2, 0) is 6.54 Å². The van der Waals surface area contributed by atoms with Crippen LogP contribution in [0.1, 0.15) is 25.6 Å². The maximum absolute atomic E-state index is 5.95. The third-order valence-electron chi connectivity index (χ3n) is 2.64. The van der Waals surface area contributed by atoms with Crippen molar-refractivity contribution in [1.29, 1.82) is 0 Å². The van der Waals surface area contributed by atoms with E-state index in [2.05, 4.69) is 28.7 Å². The van der Waals surface area contributed by atoms with Gasteiger partial charge in [0.25, 0.3) is 0 Å². The van der Waals surface area contributed by atoms with Gasteiger partial charge < -0.3 is 9.88 Å².